The van der Waals surface area contributed by atoms with Crippen molar-refractivity contribution in [3.63, 3.8) is 0 Å². The minimum Gasteiger partial charge on any atom is -0.313 e. The quantitative estimate of drug-likeness (QED) is 0.837. The van der Waals surface area contributed by atoms with Gasteiger partial charge in [-0.15, -0.1) is 10.2 Å². The molecule has 88 valence electrons. The first-order valence-corrected chi connectivity index (χ1v) is 7.28. The monoisotopic (exact) mass is 238 g/mol. The first kappa shape index (κ1) is 10.6. The number of aromatic nitrogens is 3. The minimum absolute atomic E-state index is 0.837. The van der Waals surface area contributed by atoms with E-state index in [1.165, 1.54) is 30.2 Å². The third-order valence-electron chi connectivity index (χ3n) is 3.51. The molecule has 0 spiro atoms. The summed E-state index contributed by atoms with van der Waals surface area (Å²) in [6.45, 7) is 2.98. The van der Waals surface area contributed by atoms with Crippen molar-refractivity contribution in [2.75, 3.05) is 18.1 Å². The molecule has 2 aliphatic rings. The van der Waals surface area contributed by atoms with E-state index in [1.54, 1.807) is 0 Å². The van der Waals surface area contributed by atoms with E-state index in [1.807, 2.05) is 0 Å². The smallest absolute Gasteiger partial charge is 0.147 e. The minimum atomic E-state index is 0.837. The van der Waals surface area contributed by atoms with E-state index in [0.29, 0.717) is 0 Å². The van der Waals surface area contributed by atoms with Crippen LogP contribution >= 0.6 is 11.8 Å². The lowest BCUT2D eigenvalue weighted by molar-refractivity contribution is 0.442. The molecular formula is C11H18N4S. The summed E-state index contributed by atoms with van der Waals surface area (Å²) >= 11 is 2.09. The molecule has 0 unspecified atom stereocenters. The maximum atomic E-state index is 4.36. The lowest BCUT2D eigenvalue weighted by Crippen LogP contribution is -2.29. The Hall–Kier alpha value is -0.550. The number of thioether (sulfide) groups is 1. The van der Waals surface area contributed by atoms with E-state index in [9.17, 15) is 0 Å². The Morgan fingerprint density at radius 3 is 3.06 bits per heavy atom. The van der Waals surface area contributed by atoms with E-state index in [4.69, 9.17) is 0 Å². The van der Waals surface area contributed by atoms with Gasteiger partial charge in [-0.1, -0.05) is 0 Å². The van der Waals surface area contributed by atoms with Crippen molar-refractivity contribution in [1.82, 2.24) is 20.1 Å². The topological polar surface area (TPSA) is 42.7 Å². The van der Waals surface area contributed by atoms with Crippen LogP contribution in [0, 0.1) is 5.92 Å². The highest BCUT2D eigenvalue weighted by Crippen LogP contribution is 2.25. The second kappa shape index (κ2) is 4.75. The van der Waals surface area contributed by atoms with Gasteiger partial charge in [-0.25, -0.2) is 0 Å². The van der Waals surface area contributed by atoms with Crippen LogP contribution in [0.1, 0.15) is 24.5 Å². The van der Waals surface area contributed by atoms with Crippen molar-refractivity contribution in [1.29, 1.82) is 0 Å². The number of nitrogens with zero attached hydrogens (tertiary/aromatic N) is 3. The van der Waals surface area contributed by atoms with Gasteiger partial charge < -0.3 is 9.88 Å². The molecule has 1 aromatic rings. The zero-order valence-electron chi connectivity index (χ0n) is 9.48. The molecule has 2 aliphatic heterocycles. The van der Waals surface area contributed by atoms with Gasteiger partial charge in [-0.3, -0.25) is 0 Å². The number of nitrogens with one attached hydrogen (secondary N) is 1. The fourth-order valence-corrected chi connectivity index (χ4v) is 3.72. The van der Waals surface area contributed by atoms with Crippen molar-refractivity contribution < 1.29 is 0 Å². The third kappa shape index (κ3) is 2.11. The Labute approximate surface area is 100 Å². The summed E-state index contributed by atoms with van der Waals surface area (Å²) in [6, 6.07) is 0. The van der Waals surface area contributed by atoms with Crippen molar-refractivity contribution >= 4 is 11.8 Å². The van der Waals surface area contributed by atoms with Crippen LogP contribution in [0.5, 0.6) is 0 Å². The molecular weight excluding hydrogens is 220 g/mol. The number of hydrogen-bond acceptors (Lipinski definition) is 4. The Bertz CT molecular complexity index is 357. The molecule has 1 aromatic heterocycles. The summed E-state index contributed by atoms with van der Waals surface area (Å²) in [5.41, 5.74) is 0. The van der Waals surface area contributed by atoms with Gasteiger partial charge in [0.1, 0.15) is 11.6 Å². The molecule has 16 heavy (non-hydrogen) atoms. The van der Waals surface area contributed by atoms with Crippen molar-refractivity contribution in [3.05, 3.63) is 11.6 Å². The summed E-state index contributed by atoms with van der Waals surface area (Å²) < 4.78 is 2.32. The Balaban J connectivity index is 1.71. The second-order valence-corrected chi connectivity index (χ2v) is 5.85. The van der Waals surface area contributed by atoms with Crippen LogP contribution in [0.15, 0.2) is 0 Å². The molecule has 1 N–H and O–H groups in total. The van der Waals surface area contributed by atoms with Crippen LogP contribution in [-0.4, -0.2) is 32.8 Å². The van der Waals surface area contributed by atoms with Crippen LogP contribution in [0.4, 0.5) is 0 Å². The number of hydrogen-bond donors (Lipinski definition) is 1. The highest BCUT2D eigenvalue weighted by atomic mass is 32.2. The molecule has 0 bridgehead atoms. The second-order valence-electron chi connectivity index (χ2n) is 4.62. The maximum Gasteiger partial charge on any atom is 0.147 e. The van der Waals surface area contributed by atoms with Gasteiger partial charge in [0.25, 0.3) is 0 Å². The highest BCUT2D eigenvalue weighted by molar-refractivity contribution is 7.99. The van der Waals surface area contributed by atoms with E-state index in [-0.39, 0.29) is 0 Å². The van der Waals surface area contributed by atoms with E-state index >= 15 is 0 Å². The Kier molecular flexibility index (Phi) is 3.15. The van der Waals surface area contributed by atoms with Crippen molar-refractivity contribution in [3.8, 4) is 0 Å². The Morgan fingerprint density at radius 1 is 1.31 bits per heavy atom. The van der Waals surface area contributed by atoms with Crippen LogP contribution in [0.2, 0.25) is 0 Å². The average molecular weight is 238 g/mol. The average Bonchev–Trinajstić information content (AvgIpc) is 2.74. The summed E-state index contributed by atoms with van der Waals surface area (Å²) in [4.78, 5) is 0. The molecule has 1 fully saturated rings. The van der Waals surface area contributed by atoms with Gasteiger partial charge in [0.2, 0.25) is 0 Å². The summed E-state index contributed by atoms with van der Waals surface area (Å²) in [7, 11) is 0. The molecule has 0 saturated carbocycles. The summed E-state index contributed by atoms with van der Waals surface area (Å²) in [5, 5.41) is 12.0. The van der Waals surface area contributed by atoms with Crippen LogP contribution in [-0.2, 0) is 19.5 Å². The normalized spacial score (nSPS) is 22.0. The van der Waals surface area contributed by atoms with Gasteiger partial charge >= 0.3 is 0 Å². The van der Waals surface area contributed by atoms with Crippen molar-refractivity contribution in [2.24, 2.45) is 5.92 Å². The predicted molar refractivity (Wildman–Crippen MR) is 65.5 cm³/mol. The molecule has 3 rings (SSSR count). The molecule has 0 amide bonds. The molecule has 4 nitrogen and oxygen atoms in total. The number of fused-ring (bicyclic) bond motifs is 1. The molecule has 0 aromatic carbocycles. The zero-order chi connectivity index (χ0) is 10.8. The van der Waals surface area contributed by atoms with Crippen LogP contribution in [0.25, 0.3) is 0 Å². The Morgan fingerprint density at radius 2 is 2.19 bits per heavy atom. The summed E-state index contributed by atoms with van der Waals surface area (Å²) in [6.07, 6.45) is 3.84. The largest absolute Gasteiger partial charge is 0.313 e. The number of rotatable bonds is 2. The maximum absolute atomic E-state index is 4.36. The lowest BCUT2D eigenvalue weighted by atomic mass is 9.98. The van der Waals surface area contributed by atoms with E-state index in [2.05, 4.69) is 31.8 Å². The molecule has 0 atom stereocenters. The van der Waals surface area contributed by atoms with Crippen LogP contribution < -0.4 is 5.32 Å². The van der Waals surface area contributed by atoms with Gasteiger partial charge in [0, 0.05) is 19.5 Å². The standard InChI is InChI=1S/C11H18N4S/c1-5-16-6-2-9(1)7-10-13-14-11-8-12-3-4-15(10)11/h9,12H,1-8H2. The van der Waals surface area contributed by atoms with E-state index in [0.717, 1.165) is 37.8 Å². The molecule has 5 heteroatoms. The van der Waals surface area contributed by atoms with E-state index < -0.39 is 0 Å². The summed E-state index contributed by atoms with van der Waals surface area (Å²) in [5.74, 6) is 5.82. The molecule has 0 radical (unpaired) electrons. The van der Waals surface area contributed by atoms with Gasteiger partial charge in [-0.2, -0.15) is 11.8 Å². The lowest BCUT2D eigenvalue weighted by Gasteiger charge is -2.22. The first-order chi connectivity index (χ1) is 7.93. The predicted octanol–water partition coefficient (Wildman–Crippen LogP) is 1.07. The third-order valence-corrected chi connectivity index (χ3v) is 4.56. The van der Waals surface area contributed by atoms with Gasteiger partial charge in [0.05, 0.1) is 6.54 Å². The van der Waals surface area contributed by atoms with Gasteiger partial charge in [0.15, 0.2) is 0 Å². The zero-order valence-corrected chi connectivity index (χ0v) is 10.3. The van der Waals surface area contributed by atoms with Crippen LogP contribution in [0.3, 0.4) is 0 Å². The molecule has 0 aliphatic carbocycles. The molecule has 3 heterocycles. The van der Waals surface area contributed by atoms with Crippen molar-refractivity contribution in [2.45, 2.75) is 32.4 Å². The SMILES string of the molecule is C1Cn2c(nnc2CC2CCSCC2)CN1. The van der Waals surface area contributed by atoms with Gasteiger partial charge in [-0.05, 0) is 30.3 Å². The fraction of sp³-hybridized carbons (Fsp3) is 0.818. The highest BCUT2D eigenvalue weighted by Gasteiger charge is 2.20. The molecule has 1 saturated heterocycles. The first-order valence-electron chi connectivity index (χ1n) is 6.13. The fourth-order valence-electron chi connectivity index (χ4n) is 2.51.